The van der Waals surface area contributed by atoms with Gasteiger partial charge < -0.3 is 10.5 Å². The molecule has 0 aromatic heterocycles. The molecule has 0 aliphatic carbocycles. The molecule has 0 bridgehead atoms. The predicted molar refractivity (Wildman–Crippen MR) is 65.3 cm³/mol. The second kappa shape index (κ2) is 4.62. The second-order valence-corrected chi connectivity index (χ2v) is 6.44. The van der Waals surface area contributed by atoms with Crippen molar-refractivity contribution in [1.29, 1.82) is 0 Å². The molecular formula is C11H22N2OS. The van der Waals surface area contributed by atoms with Crippen LogP contribution >= 0.6 is 11.8 Å². The maximum absolute atomic E-state index is 6.32. The molecule has 2 N–H and O–H groups in total. The van der Waals surface area contributed by atoms with Crippen molar-refractivity contribution in [3.63, 3.8) is 0 Å². The molecule has 0 amide bonds. The van der Waals surface area contributed by atoms with Crippen molar-refractivity contribution in [1.82, 2.24) is 4.90 Å². The van der Waals surface area contributed by atoms with E-state index in [2.05, 4.69) is 30.5 Å². The highest BCUT2D eigenvalue weighted by atomic mass is 32.2. The second-order valence-electron chi connectivity index (χ2n) is 4.95. The Morgan fingerprint density at radius 3 is 3.00 bits per heavy atom. The molecule has 88 valence electrons. The average molecular weight is 230 g/mol. The Hall–Kier alpha value is 0.230. The van der Waals surface area contributed by atoms with Crippen LogP contribution in [0.25, 0.3) is 0 Å². The van der Waals surface area contributed by atoms with Crippen LogP contribution < -0.4 is 5.73 Å². The van der Waals surface area contributed by atoms with Gasteiger partial charge in [-0.15, -0.1) is 0 Å². The number of hydrogen-bond donors (Lipinski definition) is 1. The molecule has 2 aliphatic heterocycles. The van der Waals surface area contributed by atoms with Crippen LogP contribution in [0.5, 0.6) is 0 Å². The van der Waals surface area contributed by atoms with Gasteiger partial charge in [0.05, 0.1) is 12.1 Å². The summed E-state index contributed by atoms with van der Waals surface area (Å²) >= 11 is 2.07. The van der Waals surface area contributed by atoms with Gasteiger partial charge in [-0.3, -0.25) is 4.90 Å². The summed E-state index contributed by atoms with van der Waals surface area (Å²) in [7, 11) is 0. The van der Waals surface area contributed by atoms with E-state index < -0.39 is 0 Å². The Bertz CT molecular complexity index is 219. The maximum Gasteiger partial charge on any atom is 0.0659 e. The molecular weight excluding hydrogens is 208 g/mol. The van der Waals surface area contributed by atoms with Gasteiger partial charge in [-0.05, 0) is 13.3 Å². The first kappa shape index (κ1) is 11.7. The minimum atomic E-state index is -0.0873. The van der Waals surface area contributed by atoms with E-state index in [0.29, 0.717) is 6.04 Å². The SMILES string of the molecule is CC1SCCN(CC2(N)CCOC2)C1C. The summed E-state index contributed by atoms with van der Waals surface area (Å²) in [6, 6.07) is 0.643. The molecule has 3 atom stereocenters. The summed E-state index contributed by atoms with van der Waals surface area (Å²) in [6.45, 7) is 8.38. The summed E-state index contributed by atoms with van der Waals surface area (Å²) in [5.41, 5.74) is 6.24. The molecule has 3 unspecified atom stereocenters. The summed E-state index contributed by atoms with van der Waals surface area (Å²) in [5, 5.41) is 0.727. The quantitative estimate of drug-likeness (QED) is 0.766. The first-order valence-corrected chi connectivity index (χ1v) is 6.88. The van der Waals surface area contributed by atoms with E-state index in [4.69, 9.17) is 10.5 Å². The molecule has 2 rings (SSSR count). The van der Waals surface area contributed by atoms with Crippen molar-refractivity contribution >= 4 is 11.8 Å². The Morgan fingerprint density at radius 2 is 2.33 bits per heavy atom. The van der Waals surface area contributed by atoms with Gasteiger partial charge in [0.2, 0.25) is 0 Å². The Kier molecular flexibility index (Phi) is 3.60. The van der Waals surface area contributed by atoms with Crippen LogP contribution in [0.4, 0.5) is 0 Å². The summed E-state index contributed by atoms with van der Waals surface area (Å²) in [4.78, 5) is 2.54. The topological polar surface area (TPSA) is 38.5 Å². The van der Waals surface area contributed by atoms with Crippen molar-refractivity contribution in [2.45, 2.75) is 37.1 Å². The number of ether oxygens (including phenoxy) is 1. The molecule has 2 saturated heterocycles. The number of nitrogens with zero attached hydrogens (tertiary/aromatic N) is 1. The number of nitrogens with two attached hydrogens (primary N) is 1. The lowest BCUT2D eigenvalue weighted by Gasteiger charge is -2.41. The summed E-state index contributed by atoms with van der Waals surface area (Å²) in [5.74, 6) is 1.24. The highest BCUT2D eigenvalue weighted by Crippen LogP contribution is 2.27. The lowest BCUT2D eigenvalue weighted by atomic mass is 9.98. The highest BCUT2D eigenvalue weighted by molar-refractivity contribution is 8.00. The predicted octanol–water partition coefficient (Wildman–Crippen LogP) is 0.930. The van der Waals surface area contributed by atoms with Crippen LogP contribution in [0.1, 0.15) is 20.3 Å². The third-order valence-electron chi connectivity index (χ3n) is 3.67. The normalized spacial score (nSPS) is 43.4. The smallest absolute Gasteiger partial charge is 0.0659 e. The molecule has 15 heavy (non-hydrogen) atoms. The van der Waals surface area contributed by atoms with Crippen molar-refractivity contribution in [2.24, 2.45) is 5.73 Å². The zero-order valence-corrected chi connectivity index (χ0v) is 10.6. The molecule has 0 aromatic carbocycles. The molecule has 2 heterocycles. The first-order chi connectivity index (χ1) is 7.11. The van der Waals surface area contributed by atoms with Gasteiger partial charge in [-0.2, -0.15) is 11.8 Å². The molecule has 0 aromatic rings. The third kappa shape index (κ3) is 2.67. The fraction of sp³-hybridized carbons (Fsp3) is 1.00. The molecule has 0 spiro atoms. The van der Waals surface area contributed by atoms with Gasteiger partial charge in [-0.25, -0.2) is 0 Å². The highest BCUT2D eigenvalue weighted by Gasteiger charge is 2.35. The van der Waals surface area contributed by atoms with Crippen LogP contribution in [0.3, 0.4) is 0 Å². The number of hydrogen-bond acceptors (Lipinski definition) is 4. The first-order valence-electron chi connectivity index (χ1n) is 5.83. The molecule has 2 fully saturated rings. The van der Waals surface area contributed by atoms with Crippen LogP contribution in [-0.2, 0) is 4.74 Å². The summed E-state index contributed by atoms with van der Waals surface area (Å²) < 4.78 is 5.41. The van der Waals surface area contributed by atoms with Crippen molar-refractivity contribution in [3.8, 4) is 0 Å². The molecule has 2 aliphatic rings. The zero-order valence-electron chi connectivity index (χ0n) is 9.74. The molecule has 0 saturated carbocycles. The zero-order chi connectivity index (χ0) is 10.9. The Balaban J connectivity index is 1.92. The van der Waals surface area contributed by atoms with E-state index in [1.165, 1.54) is 12.3 Å². The fourth-order valence-electron chi connectivity index (χ4n) is 2.37. The van der Waals surface area contributed by atoms with Gasteiger partial charge in [0.25, 0.3) is 0 Å². The van der Waals surface area contributed by atoms with Gasteiger partial charge in [0.15, 0.2) is 0 Å². The van der Waals surface area contributed by atoms with Gasteiger partial charge in [0, 0.05) is 36.7 Å². The lowest BCUT2D eigenvalue weighted by molar-refractivity contribution is 0.134. The van der Waals surface area contributed by atoms with Crippen LogP contribution in [0.15, 0.2) is 0 Å². The van der Waals surface area contributed by atoms with Crippen LogP contribution in [-0.4, -0.2) is 53.8 Å². The van der Waals surface area contributed by atoms with E-state index in [9.17, 15) is 0 Å². The van der Waals surface area contributed by atoms with Crippen LogP contribution in [0, 0.1) is 0 Å². The van der Waals surface area contributed by atoms with Crippen LogP contribution in [0.2, 0.25) is 0 Å². The lowest BCUT2D eigenvalue weighted by Crippen LogP contribution is -2.56. The standard InChI is InChI=1S/C11H22N2OS/c1-9-10(2)15-6-4-13(9)7-11(12)3-5-14-8-11/h9-10H,3-8,12H2,1-2H3. The average Bonchev–Trinajstić information content (AvgIpc) is 2.60. The van der Waals surface area contributed by atoms with E-state index in [0.717, 1.165) is 31.4 Å². The Morgan fingerprint density at radius 1 is 1.53 bits per heavy atom. The van der Waals surface area contributed by atoms with Gasteiger partial charge in [-0.1, -0.05) is 6.92 Å². The minimum Gasteiger partial charge on any atom is -0.379 e. The third-order valence-corrected chi connectivity index (χ3v) is 5.00. The van der Waals surface area contributed by atoms with Gasteiger partial charge >= 0.3 is 0 Å². The van der Waals surface area contributed by atoms with E-state index >= 15 is 0 Å². The molecule has 4 heteroatoms. The number of thioether (sulfide) groups is 1. The van der Waals surface area contributed by atoms with E-state index in [1.807, 2.05) is 0 Å². The summed E-state index contributed by atoms with van der Waals surface area (Å²) in [6.07, 6.45) is 1.01. The molecule has 3 nitrogen and oxygen atoms in total. The Labute approximate surface area is 96.7 Å². The van der Waals surface area contributed by atoms with E-state index in [1.54, 1.807) is 0 Å². The minimum absolute atomic E-state index is 0.0873. The van der Waals surface area contributed by atoms with E-state index in [-0.39, 0.29) is 5.54 Å². The maximum atomic E-state index is 6.32. The van der Waals surface area contributed by atoms with Crippen molar-refractivity contribution < 1.29 is 4.74 Å². The number of rotatable bonds is 2. The molecule has 0 radical (unpaired) electrons. The van der Waals surface area contributed by atoms with Crippen molar-refractivity contribution in [3.05, 3.63) is 0 Å². The fourth-order valence-corrected chi connectivity index (χ4v) is 3.53. The monoisotopic (exact) mass is 230 g/mol. The van der Waals surface area contributed by atoms with Gasteiger partial charge in [0.1, 0.15) is 0 Å². The van der Waals surface area contributed by atoms with Crippen molar-refractivity contribution in [2.75, 3.05) is 32.1 Å². The largest absolute Gasteiger partial charge is 0.379 e.